The molecule has 1 rings (SSSR count). The molecule has 20 heavy (non-hydrogen) atoms. The molecule has 5 heteroatoms. The van der Waals surface area contributed by atoms with Gasteiger partial charge in [0.2, 0.25) is 0 Å². The summed E-state index contributed by atoms with van der Waals surface area (Å²) < 4.78 is 0. The maximum Gasteiger partial charge on any atom is 0.251 e. The third-order valence-corrected chi connectivity index (χ3v) is 2.84. The Kier molecular flexibility index (Phi) is 7.01. The van der Waals surface area contributed by atoms with E-state index in [9.17, 15) is 4.79 Å². The van der Waals surface area contributed by atoms with Crippen molar-refractivity contribution in [2.24, 2.45) is 0 Å². The third kappa shape index (κ3) is 6.02. The Morgan fingerprint density at radius 3 is 2.70 bits per heavy atom. The summed E-state index contributed by atoms with van der Waals surface area (Å²) in [6.45, 7) is 6.52. The third-order valence-electron chi connectivity index (χ3n) is 2.84. The van der Waals surface area contributed by atoms with E-state index in [1.165, 1.54) is 0 Å². The van der Waals surface area contributed by atoms with Crippen molar-refractivity contribution in [2.75, 3.05) is 39.0 Å². The maximum atomic E-state index is 12.1. The van der Waals surface area contributed by atoms with Crippen molar-refractivity contribution in [2.45, 2.75) is 26.7 Å². The minimum Gasteiger partial charge on any atom is -0.370 e. The zero-order valence-corrected chi connectivity index (χ0v) is 13.0. The van der Waals surface area contributed by atoms with E-state index in [1.807, 2.05) is 33.2 Å². The monoisotopic (exact) mass is 278 g/mol. The first-order valence-corrected chi connectivity index (χ1v) is 7.18. The molecule has 0 radical (unpaired) electrons. The van der Waals surface area contributed by atoms with Crippen LogP contribution < -0.4 is 10.6 Å². The van der Waals surface area contributed by atoms with E-state index in [0.29, 0.717) is 12.1 Å². The first kappa shape index (κ1) is 16.4. The van der Waals surface area contributed by atoms with Crippen LogP contribution in [0.15, 0.2) is 12.1 Å². The molecule has 0 aromatic carbocycles. The highest BCUT2D eigenvalue weighted by Gasteiger charge is 2.08. The number of aromatic nitrogens is 1. The molecule has 1 aromatic rings. The average Bonchev–Trinajstić information content (AvgIpc) is 2.40. The number of hydrogen-bond donors (Lipinski definition) is 2. The number of aryl methyl sites for hydroxylation is 1. The molecule has 0 saturated carbocycles. The molecule has 1 amide bonds. The lowest BCUT2D eigenvalue weighted by Gasteiger charge is -2.11. The first-order valence-electron chi connectivity index (χ1n) is 7.18. The van der Waals surface area contributed by atoms with Gasteiger partial charge in [-0.3, -0.25) is 4.79 Å². The van der Waals surface area contributed by atoms with E-state index >= 15 is 0 Å². The fraction of sp³-hybridized carbons (Fsp3) is 0.600. The fourth-order valence-electron chi connectivity index (χ4n) is 1.84. The van der Waals surface area contributed by atoms with Gasteiger partial charge in [-0.1, -0.05) is 6.92 Å². The minimum absolute atomic E-state index is 0.0335. The van der Waals surface area contributed by atoms with Gasteiger partial charge in [-0.05, 0) is 52.5 Å². The van der Waals surface area contributed by atoms with Crippen molar-refractivity contribution >= 4 is 11.7 Å². The van der Waals surface area contributed by atoms with Crippen molar-refractivity contribution in [1.82, 2.24) is 15.2 Å². The zero-order chi connectivity index (χ0) is 15.0. The van der Waals surface area contributed by atoms with E-state index < -0.39 is 0 Å². The van der Waals surface area contributed by atoms with Crippen LogP contribution in [0, 0.1) is 6.92 Å². The van der Waals surface area contributed by atoms with Gasteiger partial charge in [0.1, 0.15) is 5.82 Å². The number of nitrogens with zero attached hydrogens (tertiary/aromatic N) is 2. The largest absolute Gasteiger partial charge is 0.370 e. The van der Waals surface area contributed by atoms with Crippen molar-refractivity contribution in [3.05, 3.63) is 23.4 Å². The van der Waals surface area contributed by atoms with Gasteiger partial charge in [-0.2, -0.15) is 0 Å². The van der Waals surface area contributed by atoms with Gasteiger partial charge >= 0.3 is 0 Å². The standard InChI is InChI=1S/C15H26N4O/c1-5-7-16-14-11-13(10-12(2)18-14)15(20)17-8-6-9-19(3)4/h10-11H,5-9H2,1-4H3,(H,16,18)(H,17,20). The molecule has 5 nitrogen and oxygen atoms in total. The van der Waals surface area contributed by atoms with Crippen molar-refractivity contribution in [1.29, 1.82) is 0 Å². The van der Waals surface area contributed by atoms with Crippen LogP contribution in [0.25, 0.3) is 0 Å². The summed E-state index contributed by atoms with van der Waals surface area (Å²) in [6.07, 6.45) is 1.98. The molecule has 1 heterocycles. The van der Waals surface area contributed by atoms with Crippen molar-refractivity contribution < 1.29 is 4.79 Å². The highest BCUT2D eigenvalue weighted by Crippen LogP contribution is 2.10. The second-order valence-electron chi connectivity index (χ2n) is 5.22. The number of anilines is 1. The molecule has 0 spiro atoms. The van der Waals surface area contributed by atoms with Crippen LogP contribution in [-0.4, -0.2) is 49.5 Å². The topological polar surface area (TPSA) is 57.3 Å². The maximum absolute atomic E-state index is 12.1. The van der Waals surface area contributed by atoms with Crippen LogP contribution in [-0.2, 0) is 0 Å². The molecule has 0 saturated heterocycles. The Labute approximate surface area is 121 Å². The van der Waals surface area contributed by atoms with Crippen LogP contribution in [0.1, 0.15) is 35.8 Å². The number of nitrogens with one attached hydrogen (secondary N) is 2. The molecule has 0 fully saturated rings. The lowest BCUT2D eigenvalue weighted by Crippen LogP contribution is -2.27. The Morgan fingerprint density at radius 1 is 1.30 bits per heavy atom. The van der Waals surface area contributed by atoms with Crippen molar-refractivity contribution in [3.8, 4) is 0 Å². The van der Waals surface area contributed by atoms with Crippen LogP contribution in [0.3, 0.4) is 0 Å². The second-order valence-corrected chi connectivity index (χ2v) is 5.22. The van der Waals surface area contributed by atoms with Crippen LogP contribution in [0.4, 0.5) is 5.82 Å². The highest BCUT2D eigenvalue weighted by atomic mass is 16.1. The van der Waals surface area contributed by atoms with Crippen LogP contribution in [0.2, 0.25) is 0 Å². The van der Waals surface area contributed by atoms with Gasteiger partial charge in [-0.15, -0.1) is 0 Å². The summed E-state index contributed by atoms with van der Waals surface area (Å²) in [5, 5.41) is 6.16. The summed E-state index contributed by atoms with van der Waals surface area (Å²) in [5.74, 6) is 0.735. The summed E-state index contributed by atoms with van der Waals surface area (Å²) in [6, 6.07) is 3.63. The lowest BCUT2D eigenvalue weighted by atomic mass is 10.2. The van der Waals surface area contributed by atoms with Crippen LogP contribution >= 0.6 is 0 Å². The summed E-state index contributed by atoms with van der Waals surface area (Å²) in [4.78, 5) is 18.6. The number of carbonyl (C=O) groups excluding carboxylic acids is 1. The number of carbonyl (C=O) groups is 1. The van der Waals surface area contributed by atoms with E-state index in [1.54, 1.807) is 0 Å². The molecule has 0 bridgehead atoms. The fourth-order valence-corrected chi connectivity index (χ4v) is 1.84. The van der Waals surface area contributed by atoms with E-state index in [-0.39, 0.29) is 5.91 Å². The number of hydrogen-bond acceptors (Lipinski definition) is 4. The van der Waals surface area contributed by atoms with Gasteiger partial charge < -0.3 is 15.5 Å². The summed E-state index contributed by atoms with van der Waals surface area (Å²) >= 11 is 0. The second kappa shape index (κ2) is 8.53. The SMILES string of the molecule is CCCNc1cc(C(=O)NCCCN(C)C)cc(C)n1. The molecule has 0 aliphatic rings. The van der Waals surface area contributed by atoms with Gasteiger partial charge in [0.05, 0.1) is 0 Å². The number of amides is 1. The van der Waals surface area contributed by atoms with E-state index in [0.717, 1.165) is 37.4 Å². The predicted octanol–water partition coefficient (Wildman–Crippen LogP) is 1.89. The van der Waals surface area contributed by atoms with Crippen molar-refractivity contribution in [3.63, 3.8) is 0 Å². The quantitative estimate of drug-likeness (QED) is 0.713. The molecular formula is C15H26N4O. The lowest BCUT2D eigenvalue weighted by molar-refractivity contribution is 0.0952. The summed E-state index contributed by atoms with van der Waals surface area (Å²) in [7, 11) is 4.06. The molecule has 2 N–H and O–H groups in total. The van der Waals surface area contributed by atoms with Crippen LogP contribution in [0.5, 0.6) is 0 Å². The van der Waals surface area contributed by atoms with E-state index in [4.69, 9.17) is 0 Å². The molecule has 0 aliphatic carbocycles. The van der Waals surface area contributed by atoms with E-state index in [2.05, 4.69) is 27.4 Å². The Bertz CT molecular complexity index is 432. The molecule has 1 aromatic heterocycles. The Hall–Kier alpha value is -1.62. The van der Waals surface area contributed by atoms with Gasteiger partial charge in [0.25, 0.3) is 5.91 Å². The average molecular weight is 278 g/mol. The van der Waals surface area contributed by atoms with Gasteiger partial charge in [-0.25, -0.2) is 4.98 Å². The number of pyridine rings is 1. The number of rotatable bonds is 8. The zero-order valence-electron chi connectivity index (χ0n) is 13.0. The molecule has 0 unspecified atom stereocenters. The highest BCUT2D eigenvalue weighted by molar-refractivity contribution is 5.94. The molecule has 0 atom stereocenters. The minimum atomic E-state index is -0.0335. The summed E-state index contributed by atoms with van der Waals surface area (Å²) in [5.41, 5.74) is 1.52. The van der Waals surface area contributed by atoms with Gasteiger partial charge in [0.15, 0.2) is 0 Å². The molecule has 0 aliphatic heterocycles. The smallest absolute Gasteiger partial charge is 0.251 e. The molecular weight excluding hydrogens is 252 g/mol. The Morgan fingerprint density at radius 2 is 2.05 bits per heavy atom. The molecule has 112 valence electrons. The Balaban J connectivity index is 2.56. The van der Waals surface area contributed by atoms with Gasteiger partial charge in [0, 0.05) is 24.3 Å². The normalized spacial score (nSPS) is 10.7. The predicted molar refractivity (Wildman–Crippen MR) is 83.3 cm³/mol. The first-order chi connectivity index (χ1) is 9.52.